The number of fused-ring (bicyclic) bond motifs is 1. The van der Waals surface area contributed by atoms with Gasteiger partial charge < -0.3 is 14.8 Å². The highest BCUT2D eigenvalue weighted by atomic mass is 19.1. The minimum Gasteiger partial charge on any atom is -0.484 e. The molecule has 0 bridgehead atoms. The predicted octanol–water partition coefficient (Wildman–Crippen LogP) is 3.25. The second-order valence-electron chi connectivity index (χ2n) is 6.39. The summed E-state index contributed by atoms with van der Waals surface area (Å²) in [5.74, 6) is -0.431. The summed E-state index contributed by atoms with van der Waals surface area (Å²) in [6.45, 7) is 0. The van der Waals surface area contributed by atoms with Gasteiger partial charge in [-0.1, -0.05) is 18.2 Å². The van der Waals surface area contributed by atoms with Crippen molar-refractivity contribution in [1.29, 1.82) is 0 Å². The topological polar surface area (TPSA) is 73.3 Å². The summed E-state index contributed by atoms with van der Waals surface area (Å²) in [5.41, 5.74) is 3.16. The summed E-state index contributed by atoms with van der Waals surface area (Å²) in [4.78, 5) is 20.9. The van der Waals surface area contributed by atoms with Crippen molar-refractivity contribution in [2.24, 2.45) is 0 Å². The maximum atomic E-state index is 13.3. The van der Waals surface area contributed by atoms with Crippen LogP contribution in [0.15, 0.2) is 54.9 Å². The number of methoxy groups -OCH3 is 1. The molecular weight excluding hydrogens is 361 g/mol. The molecule has 0 fully saturated rings. The Morgan fingerprint density at radius 1 is 1.11 bits per heavy atom. The van der Waals surface area contributed by atoms with Gasteiger partial charge in [-0.25, -0.2) is 14.4 Å². The number of halogens is 1. The van der Waals surface area contributed by atoms with Gasteiger partial charge in [-0.15, -0.1) is 0 Å². The van der Waals surface area contributed by atoms with Crippen molar-refractivity contribution in [2.45, 2.75) is 12.0 Å². The molecule has 4 rings (SSSR count). The lowest BCUT2D eigenvalue weighted by Gasteiger charge is -2.18. The van der Waals surface area contributed by atoms with Gasteiger partial charge in [-0.3, -0.25) is 4.79 Å². The molecule has 0 aliphatic carbocycles. The molecule has 2 aromatic carbocycles. The zero-order chi connectivity index (χ0) is 19.7. The largest absolute Gasteiger partial charge is 0.484 e. The van der Waals surface area contributed by atoms with Gasteiger partial charge in [0, 0.05) is 30.6 Å². The molecule has 6 nitrogen and oxygen atoms in total. The van der Waals surface area contributed by atoms with Crippen molar-refractivity contribution in [1.82, 2.24) is 15.3 Å². The number of carbonyl (C=O) groups excluding carboxylic acids is 1. The zero-order valence-corrected chi connectivity index (χ0v) is 15.3. The lowest BCUT2D eigenvalue weighted by atomic mass is 9.89. The van der Waals surface area contributed by atoms with Crippen LogP contribution in [0.1, 0.15) is 23.1 Å². The van der Waals surface area contributed by atoms with Crippen LogP contribution in [0.4, 0.5) is 4.39 Å². The second-order valence-corrected chi connectivity index (χ2v) is 6.39. The third-order valence-corrected chi connectivity index (χ3v) is 4.77. The summed E-state index contributed by atoms with van der Waals surface area (Å²) in [5, 5.41) is 2.70. The van der Waals surface area contributed by atoms with E-state index in [-0.39, 0.29) is 17.7 Å². The van der Waals surface area contributed by atoms with E-state index in [0.29, 0.717) is 5.75 Å². The number of likely N-dealkylation sites (N-methyl/N-ethyl adjacent to an activating group) is 1. The first-order valence-corrected chi connectivity index (χ1v) is 8.75. The molecule has 1 amide bonds. The first-order valence-electron chi connectivity index (χ1n) is 8.75. The molecule has 0 saturated carbocycles. The molecule has 0 saturated heterocycles. The molecule has 2 atom stereocenters. The van der Waals surface area contributed by atoms with Crippen LogP contribution in [0.3, 0.4) is 0 Å². The average molecular weight is 379 g/mol. The SMILES string of the molecule is CNC(=O)C1c2cc(-c3cnc(OC)nc3)ccc2OC1c1ccc(F)cc1. The average Bonchev–Trinajstić information content (AvgIpc) is 3.12. The third kappa shape index (κ3) is 3.15. The molecule has 7 heteroatoms. The van der Waals surface area contributed by atoms with Crippen molar-refractivity contribution in [2.75, 3.05) is 14.2 Å². The van der Waals surface area contributed by atoms with Gasteiger partial charge in [0.1, 0.15) is 23.6 Å². The fourth-order valence-corrected chi connectivity index (χ4v) is 3.36. The van der Waals surface area contributed by atoms with Crippen LogP contribution in [0, 0.1) is 5.82 Å². The Labute approximate surface area is 161 Å². The van der Waals surface area contributed by atoms with E-state index in [1.165, 1.54) is 19.2 Å². The molecule has 0 radical (unpaired) electrons. The quantitative estimate of drug-likeness (QED) is 0.753. The number of rotatable bonds is 4. The highest BCUT2D eigenvalue weighted by Crippen LogP contribution is 2.47. The molecule has 2 heterocycles. The van der Waals surface area contributed by atoms with Gasteiger partial charge in [0.25, 0.3) is 0 Å². The number of amides is 1. The molecule has 1 aliphatic heterocycles. The van der Waals surface area contributed by atoms with Crippen LogP contribution < -0.4 is 14.8 Å². The number of nitrogens with one attached hydrogen (secondary N) is 1. The third-order valence-electron chi connectivity index (χ3n) is 4.77. The number of nitrogens with zero attached hydrogens (tertiary/aromatic N) is 2. The lowest BCUT2D eigenvalue weighted by Crippen LogP contribution is -2.28. The fraction of sp³-hybridized carbons (Fsp3) is 0.190. The first-order chi connectivity index (χ1) is 13.6. The molecule has 3 aromatic rings. The van der Waals surface area contributed by atoms with E-state index < -0.39 is 12.0 Å². The Bertz CT molecular complexity index is 1010. The minimum absolute atomic E-state index is 0.170. The first kappa shape index (κ1) is 17.9. The van der Waals surface area contributed by atoms with Crippen molar-refractivity contribution >= 4 is 5.91 Å². The van der Waals surface area contributed by atoms with E-state index in [4.69, 9.17) is 9.47 Å². The standard InChI is InChI=1S/C21H18FN3O3/c1-23-20(26)18-16-9-13(14-10-24-21(27-2)25-11-14)5-8-17(16)28-19(18)12-3-6-15(22)7-4-12/h3-11,18-19H,1-2H3,(H,23,26). The Morgan fingerprint density at radius 2 is 1.82 bits per heavy atom. The Hall–Kier alpha value is -3.48. The molecule has 1 aliphatic rings. The molecule has 0 spiro atoms. The molecule has 1 N–H and O–H groups in total. The van der Waals surface area contributed by atoms with E-state index in [9.17, 15) is 9.18 Å². The van der Waals surface area contributed by atoms with Gasteiger partial charge in [-0.05, 0) is 35.4 Å². The van der Waals surface area contributed by atoms with Crippen LogP contribution in [0.25, 0.3) is 11.1 Å². The molecule has 2 unspecified atom stereocenters. The Morgan fingerprint density at radius 3 is 2.46 bits per heavy atom. The van der Waals surface area contributed by atoms with Crippen LogP contribution in [0.5, 0.6) is 11.8 Å². The maximum Gasteiger partial charge on any atom is 0.316 e. The van der Waals surface area contributed by atoms with Gasteiger partial charge in [0.2, 0.25) is 5.91 Å². The van der Waals surface area contributed by atoms with Gasteiger partial charge in [-0.2, -0.15) is 0 Å². The Balaban J connectivity index is 1.74. The number of benzene rings is 2. The van der Waals surface area contributed by atoms with Gasteiger partial charge >= 0.3 is 6.01 Å². The van der Waals surface area contributed by atoms with Crippen molar-refractivity contribution < 1.29 is 18.7 Å². The van der Waals surface area contributed by atoms with Gasteiger partial charge in [0.05, 0.1) is 7.11 Å². The van der Waals surface area contributed by atoms with Gasteiger partial charge in [0.15, 0.2) is 0 Å². The van der Waals surface area contributed by atoms with Crippen LogP contribution >= 0.6 is 0 Å². The number of carbonyl (C=O) groups is 1. The van der Waals surface area contributed by atoms with Crippen LogP contribution in [0.2, 0.25) is 0 Å². The normalized spacial score (nSPS) is 17.5. The monoisotopic (exact) mass is 379 g/mol. The zero-order valence-electron chi connectivity index (χ0n) is 15.3. The van der Waals surface area contributed by atoms with Crippen molar-refractivity contribution in [3.63, 3.8) is 0 Å². The molecular formula is C21H18FN3O3. The smallest absolute Gasteiger partial charge is 0.316 e. The summed E-state index contributed by atoms with van der Waals surface area (Å²) >= 11 is 0. The second kappa shape index (κ2) is 7.26. The summed E-state index contributed by atoms with van der Waals surface area (Å²) < 4.78 is 24.4. The van der Waals surface area contributed by atoms with Crippen LogP contribution in [-0.4, -0.2) is 30.0 Å². The van der Waals surface area contributed by atoms with E-state index in [1.807, 2.05) is 18.2 Å². The van der Waals surface area contributed by atoms with Crippen molar-refractivity contribution in [3.8, 4) is 22.9 Å². The summed E-state index contributed by atoms with van der Waals surface area (Å²) in [6, 6.07) is 11.9. The van der Waals surface area contributed by atoms with E-state index in [1.54, 1.807) is 31.6 Å². The number of ether oxygens (including phenoxy) is 2. The molecule has 28 heavy (non-hydrogen) atoms. The number of hydrogen-bond donors (Lipinski definition) is 1. The molecule has 142 valence electrons. The predicted molar refractivity (Wildman–Crippen MR) is 101 cm³/mol. The molecule has 1 aromatic heterocycles. The summed E-state index contributed by atoms with van der Waals surface area (Å²) in [7, 11) is 3.09. The number of hydrogen-bond acceptors (Lipinski definition) is 5. The van der Waals surface area contributed by atoms with E-state index >= 15 is 0 Å². The highest BCUT2D eigenvalue weighted by molar-refractivity contribution is 5.87. The van der Waals surface area contributed by atoms with Crippen molar-refractivity contribution in [3.05, 3.63) is 71.8 Å². The minimum atomic E-state index is -0.551. The maximum absolute atomic E-state index is 13.3. The fourth-order valence-electron chi connectivity index (χ4n) is 3.36. The van der Waals surface area contributed by atoms with Crippen LogP contribution in [-0.2, 0) is 4.79 Å². The van der Waals surface area contributed by atoms with E-state index in [0.717, 1.165) is 22.3 Å². The summed E-state index contributed by atoms with van der Waals surface area (Å²) in [6.07, 6.45) is 2.80. The lowest BCUT2D eigenvalue weighted by molar-refractivity contribution is -0.123. The number of aromatic nitrogens is 2. The highest BCUT2D eigenvalue weighted by Gasteiger charge is 2.40. The van der Waals surface area contributed by atoms with E-state index in [2.05, 4.69) is 15.3 Å². The Kier molecular flexibility index (Phi) is 4.65.